The van der Waals surface area contributed by atoms with Gasteiger partial charge in [-0.25, -0.2) is 23.1 Å². The van der Waals surface area contributed by atoms with Crippen LogP contribution in [0.2, 0.25) is 0 Å². The predicted molar refractivity (Wildman–Crippen MR) is 97.2 cm³/mol. The third-order valence-corrected chi connectivity index (χ3v) is 4.81. The molecule has 0 unspecified atom stereocenters. The molecule has 0 bridgehead atoms. The Morgan fingerprint density at radius 3 is 2.48 bits per heavy atom. The van der Waals surface area contributed by atoms with Crippen LogP contribution in [0.15, 0.2) is 17.3 Å². The molecule has 0 aliphatic heterocycles. The van der Waals surface area contributed by atoms with Crippen LogP contribution in [-0.4, -0.2) is 47.6 Å². The summed E-state index contributed by atoms with van der Waals surface area (Å²) in [6.45, 7) is 9.58. The molecule has 138 valence electrons. The van der Waals surface area contributed by atoms with Crippen molar-refractivity contribution < 1.29 is 8.42 Å². The monoisotopic (exact) mass is 367 g/mol. The topological polar surface area (TPSA) is 114 Å². The minimum Gasteiger partial charge on any atom is -0.370 e. The lowest BCUT2D eigenvalue weighted by Gasteiger charge is -2.09. The highest BCUT2D eigenvalue weighted by Gasteiger charge is 2.18. The summed E-state index contributed by atoms with van der Waals surface area (Å²) in [6.07, 6.45) is 1.54. The first-order valence-corrected chi connectivity index (χ1v) is 9.71. The van der Waals surface area contributed by atoms with Gasteiger partial charge in [0.1, 0.15) is 11.6 Å². The second-order valence-electron chi connectivity index (χ2n) is 5.49. The van der Waals surface area contributed by atoms with Crippen LogP contribution in [0.1, 0.15) is 25.4 Å². The van der Waals surface area contributed by atoms with E-state index in [4.69, 9.17) is 0 Å². The Morgan fingerprint density at radius 1 is 1.08 bits per heavy atom. The number of rotatable bonds is 9. The number of imidazole rings is 1. The highest BCUT2D eigenvalue weighted by atomic mass is 32.2. The zero-order chi connectivity index (χ0) is 18.4. The Balaban J connectivity index is 1.92. The second kappa shape index (κ2) is 8.26. The van der Waals surface area contributed by atoms with Crippen molar-refractivity contribution in [2.45, 2.75) is 39.3 Å². The lowest BCUT2D eigenvalue weighted by atomic mass is 10.4. The van der Waals surface area contributed by atoms with Gasteiger partial charge in [0.15, 0.2) is 5.03 Å². The fourth-order valence-corrected chi connectivity index (χ4v) is 3.32. The molecular formula is C15H25N7O2S. The number of aromatic nitrogens is 4. The van der Waals surface area contributed by atoms with E-state index in [1.54, 1.807) is 11.5 Å². The standard InChI is InChI=1S/C15H25N7O2S/c1-5-16-13-9-11(3)19-15(21-13)17-7-8-18-25(23,24)14-10-22(6-2)12(4)20-14/h9-10,18H,5-8H2,1-4H3,(H2,16,17,19,21). The van der Waals surface area contributed by atoms with E-state index in [-0.39, 0.29) is 11.6 Å². The molecule has 9 nitrogen and oxygen atoms in total. The van der Waals surface area contributed by atoms with Gasteiger partial charge in [0.25, 0.3) is 10.0 Å². The lowest BCUT2D eigenvalue weighted by molar-refractivity contribution is 0.579. The number of nitrogens with zero attached hydrogens (tertiary/aromatic N) is 4. The maximum absolute atomic E-state index is 12.3. The summed E-state index contributed by atoms with van der Waals surface area (Å²) in [5.41, 5.74) is 0.828. The summed E-state index contributed by atoms with van der Waals surface area (Å²) in [6, 6.07) is 1.85. The van der Waals surface area contributed by atoms with Gasteiger partial charge >= 0.3 is 0 Å². The summed E-state index contributed by atoms with van der Waals surface area (Å²) in [5.74, 6) is 1.87. The van der Waals surface area contributed by atoms with Crippen molar-refractivity contribution in [3.63, 3.8) is 0 Å². The maximum Gasteiger partial charge on any atom is 0.259 e. The predicted octanol–water partition coefficient (Wildman–Crippen LogP) is 1.13. The molecule has 0 radical (unpaired) electrons. The van der Waals surface area contributed by atoms with E-state index in [0.717, 1.165) is 18.1 Å². The van der Waals surface area contributed by atoms with E-state index < -0.39 is 10.0 Å². The second-order valence-corrected chi connectivity index (χ2v) is 7.20. The van der Waals surface area contributed by atoms with Crippen molar-refractivity contribution in [2.24, 2.45) is 0 Å². The van der Waals surface area contributed by atoms with E-state index in [1.165, 1.54) is 6.20 Å². The number of nitrogens with one attached hydrogen (secondary N) is 3. The van der Waals surface area contributed by atoms with Crippen LogP contribution >= 0.6 is 0 Å². The van der Waals surface area contributed by atoms with Crippen LogP contribution in [-0.2, 0) is 16.6 Å². The van der Waals surface area contributed by atoms with Crippen LogP contribution in [0.25, 0.3) is 0 Å². The van der Waals surface area contributed by atoms with Crippen LogP contribution in [0.3, 0.4) is 0 Å². The number of anilines is 2. The molecule has 0 spiro atoms. The summed E-state index contributed by atoms with van der Waals surface area (Å²) in [7, 11) is -3.63. The van der Waals surface area contributed by atoms with Crippen molar-refractivity contribution in [2.75, 3.05) is 30.3 Å². The molecule has 2 aromatic heterocycles. The average molecular weight is 367 g/mol. The Labute approximate surface area is 148 Å². The molecule has 0 atom stereocenters. The first-order valence-electron chi connectivity index (χ1n) is 8.22. The third kappa shape index (κ3) is 5.13. The number of aryl methyl sites for hydroxylation is 3. The van der Waals surface area contributed by atoms with Crippen molar-refractivity contribution in [1.82, 2.24) is 24.2 Å². The molecule has 0 fully saturated rings. The van der Waals surface area contributed by atoms with Gasteiger partial charge in [0, 0.05) is 44.1 Å². The van der Waals surface area contributed by atoms with Crippen molar-refractivity contribution in [3.8, 4) is 0 Å². The Hall–Kier alpha value is -2.20. The molecule has 0 saturated carbocycles. The molecule has 2 rings (SSSR count). The highest BCUT2D eigenvalue weighted by molar-refractivity contribution is 7.89. The van der Waals surface area contributed by atoms with E-state index >= 15 is 0 Å². The Morgan fingerprint density at radius 2 is 1.84 bits per heavy atom. The van der Waals surface area contributed by atoms with Crippen LogP contribution in [0.5, 0.6) is 0 Å². The summed E-state index contributed by atoms with van der Waals surface area (Å²) in [4.78, 5) is 12.7. The number of hydrogen-bond acceptors (Lipinski definition) is 7. The first kappa shape index (κ1) is 19.1. The van der Waals surface area contributed by atoms with Crippen molar-refractivity contribution in [1.29, 1.82) is 0 Å². The van der Waals surface area contributed by atoms with Crippen LogP contribution in [0.4, 0.5) is 11.8 Å². The van der Waals surface area contributed by atoms with Crippen molar-refractivity contribution in [3.05, 3.63) is 23.8 Å². The molecular weight excluding hydrogens is 342 g/mol. The summed E-state index contributed by atoms with van der Waals surface area (Å²) < 4.78 is 28.8. The van der Waals surface area contributed by atoms with E-state index in [1.807, 2.05) is 26.8 Å². The molecule has 10 heteroatoms. The van der Waals surface area contributed by atoms with Crippen molar-refractivity contribution >= 4 is 21.8 Å². The Kier molecular flexibility index (Phi) is 6.32. The fourth-order valence-electron chi connectivity index (χ4n) is 2.28. The van der Waals surface area contributed by atoms with Crippen LogP contribution < -0.4 is 15.4 Å². The smallest absolute Gasteiger partial charge is 0.259 e. The van der Waals surface area contributed by atoms with Crippen LogP contribution in [0, 0.1) is 13.8 Å². The molecule has 3 N–H and O–H groups in total. The zero-order valence-electron chi connectivity index (χ0n) is 15.0. The van der Waals surface area contributed by atoms with Gasteiger partial charge in [0.05, 0.1) is 0 Å². The first-order chi connectivity index (χ1) is 11.9. The number of sulfonamides is 1. The van der Waals surface area contributed by atoms with Gasteiger partial charge in [-0.15, -0.1) is 0 Å². The quantitative estimate of drug-likeness (QED) is 0.569. The van der Waals surface area contributed by atoms with Gasteiger partial charge in [-0.1, -0.05) is 0 Å². The fraction of sp³-hybridized carbons (Fsp3) is 0.533. The van der Waals surface area contributed by atoms with E-state index in [0.29, 0.717) is 24.9 Å². The maximum atomic E-state index is 12.3. The molecule has 0 amide bonds. The van der Waals surface area contributed by atoms with Gasteiger partial charge < -0.3 is 15.2 Å². The minimum atomic E-state index is -3.63. The minimum absolute atomic E-state index is 0.0353. The normalized spacial score (nSPS) is 11.5. The molecule has 0 aromatic carbocycles. The molecule has 2 aromatic rings. The number of hydrogen-bond donors (Lipinski definition) is 3. The average Bonchev–Trinajstić information content (AvgIpc) is 2.93. The van der Waals surface area contributed by atoms with E-state index in [2.05, 4.69) is 30.3 Å². The zero-order valence-corrected chi connectivity index (χ0v) is 15.8. The highest BCUT2D eigenvalue weighted by Crippen LogP contribution is 2.10. The van der Waals surface area contributed by atoms with Gasteiger partial charge in [-0.3, -0.25) is 0 Å². The molecule has 0 saturated heterocycles. The molecule has 2 heterocycles. The summed E-state index contributed by atoms with van der Waals surface area (Å²) in [5, 5.41) is 6.18. The third-order valence-electron chi connectivity index (χ3n) is 3.48. The molecule has 0 aliphatic carbocycles. The van der Waals surface area contributed by atoms with Gasteiger partial charge in [-0.05, 0) is 27.7 Å². The van der Waals surface area contributed by atoms with Gasteiger partial charge in [-0.2, -0.15) is 4.98 Å². The lowest BCUT2D eigenvalue weighted by Crippen LogP contribution is -2.29. The largest absolute Gasteiger partial charge is 0.370 e. The summed E-state index contributed by atoms with van der Waals surface area (Å²) >= 11 is 0. The SMILES string of the molecule is CCNc1cc(C)nc(NCCNS(=O)(=O)c2cn(CC)c(C)n2)n1. The Bertz CT molecular complexity index is 817. The van der Waals surface area contributed by atoms with Gasteiger partial charge in [0.2, 0.25) is 5.95 Å². The van der Waals surface area contributed by atoms with E-state index in [9.17, 15) is 8.42 Å². The molecule has 0 aliphatic rings. The molecule has 25 heavy (non-hydrogen) atoms.